The van der Waals surface area contributed by atoms with Gasteiger partial charge >= 0.3 is 0 Å². The van der Waals surface area contributed by atoms with Crippen LogP contribution >= 0.6 is 0 Å². The fourth-order valence-electron chi connectivity index (χ4n) is 3.31. The van der Waals surface area contributed by atoms with E-state index in [2.05, 4.69) is 15.7 Å². The Morgan fingerprint density at radius 1 is 1.13 bits per heavy atom. The molecule has 0 aromatic heterocycles. The molecule has 162 valence electrons. The Bertz CT molecular complexity index is 988. The van der Waals surface area contributed by atoms with Crippen LogP contribution in [0.5, 0.6) is 0 Å². The molecule has 8 nitrogen and oxygen atoms in total. The van der Waals surface area contributed by atoms with Crippen LogP contribution in [0.25, 0.3) is 0 Å². The minimum absolute atomic E-state index is 0.0463. The number of nitrogens with one attached hydrogen (secondary N) is 2. The molecule has 0 fully saturated rings. The highest BCUT2D eigenvalue weighted by atomic mass is 16.2. The summed E-state index contributed by atoms with van der Waals surface area (Å²) in [6, 6.07) is 15.7. The Hall–Kier alpha value is -3.68. The number of hydrogen-bond donors (Lipinski definition) is 3. The number of amides is 3. The predicted octanol–water partition coefficient (Wildman–Crippen LogP) is 2.41. The molecule has 1 aliphatic heterocycles. The van der Waals surface area contributed by atoms with E-state index in [0.717, 1.165) is 5.56 Å². The molecule has 2 aromatic rings. The number of hydrazone groups is 1. The molecular weight excluding hydrogens is 394 g/mol. The van der Waals surface area contributed by atoms with E-state index in [1.54, 1.807) is 18.2 Å². The number of anilines is 2. The minimum Gasteiger partial charge on any atom is -0.368 e. The third kappa shape index (κ3) is 5.91. The average molecular weight is 422 g/mol. The van der Waals surface area contributed by atoms with Gasteiger partial charge in [0.15, 0.2) is 0 Å². The number of hydrogen-bond acceptors (Lipinski definition) is 5. The van der Waals surface area contributed by atoms with Crippen LogP contribution in [0.15, 0.2) is 59.7 Å². The Labute approximate surface area is 181 Å². The summed E-state index contributed by atoms with van der Waals surface area (Å²) in [5.74, 6) is -0.677. The molecule has 0 spiro atoms. The Kier molecular flexibility index (Phi) is 7.02. The van der Waals surface area contributed by atoms with Gasteiger partial charge in [-0.25, -0.2) is 0 Å². The molecule has 0 radical (unpaired) electrons. The smallest absolute Gasteiger partial charge is 0.267 e. The zero-order valence-corrected chi connectivity index (χ0v) is 17.7. The van der Waals surface area contributed by atoms with Gasteiger partial charge in [0.2, 0.25) is 11.8 Å². The number of nitrogens with two attached hydrogens (primary N) is 1. The molecule has 2 aromatic carbocycles. The summed E-state index contributed by atoms with van der Waals surface area (Å²) >= 11 is 0. The normalized spacial score (nSPS) is 15.5. The molecule has 8 heteroatoms. The molecule has 1 heterocycles. The number of rotatable bonds is 8. The van der Waals surface area contributed by atoms with Gasteiger partial charge in [-0.05, 0) is 35.7 Å². The van der Waals surface area contributed by atoms with Crippen LogP contribution in [0.2, 0.25) is 0 Å². The third-order valence-corrected chi connectivity index (χ3v) is 4.78. The van der Waals surface area contributed by atoms with E-state index in [1.807, 2.05) is 50.2 Å². The van der Waals surface area contributed by atoms with E-state index in [9.17, 15) is 14.4 Å². The van der Waals surface area contributed by atoms with Gasteiger partial charge in [0.05, 0.1) is 5.69 Å². The second-order valence-corrected chi connectivity index (χ2v) is 7.88. The number of benzene rings is 2. The van der Waals surface area contributed by atoms with Gasteiger partial charge in [0.25, 0.3) is 5.91 Å². The highest BCUT2D eigenvalue weighted by molar-refractivity contribution is 6.40. The fourth-order valence-corrected chi connectivity index (χ4v) is 3.31. The quantitative estimate of drug-likeness (QED) is 0.607. The van der Waals surface area contributed by atoms with Crippen LogP contribution in [0.1, 0.15) is 32.3 Å². The lowest BCUT2D eigenvalue weighted by atomic mass is 10.1. The van der Waals surface area contributed by atoms with Gasteiger partial charge in [0.1, 0.15) is 11.8 Å². The summed E-state index contributed by atoms with van der Waals surface area (Å²) in [6.45, 7) is 4.23. The van der Waals surface area contributed by atoms with E-state index < -0.39 is 11.9 Å². The predicted molar refractivity (Wildman–Crippen MR) is 120 cm³/mol. The molecule has 0 saturated carbocycles. The lowest BCUT2D eigenvalue weighted by Crippen LogP contribution is -2.39. The molecule has 3 amide bonds. The van der Waals surface area contributed by atoms with Crippen molar-refractivity contribution in [2.75, 3.05) is 10.3 Å². The van der Waals surface area contributed by atoms with Crippen molar-refractivity contribution in [1.82, 2.24) is 5.32 Å². The topological polar surface area (TPSA) is 117 Å². The first-order valence-corrected chi connectivity index (χ1v) is 10.2. The third-order valence-electron chi connectivity index (χ3n) is 4.78. The van der Waals surface area contributed by atoms with Crippen molar-refractivity contribution >= 4 is 34.8 Å². The molecule has 1 unspecified atom stereocenters. The Morgan fingerprint density at radius 3 is 2.55 bits per heavy atom. The van der Waals surface area contributed by atoms with E-state index in [0.29, 0.717) is 17.8 Å². The second-order valence-electron chi connectivity index (χ2n) is 7.88. The van der Waals surface area contributed by atoms with Crippen molar-refractivity contribution in [1.29, 1.82) is 0 Å². The standard InChI is InChI=1S/C23H27N5O3/c1-15(2)11-21(29)26-17-8-6-7-16(12-17)14-25-23(31)19-13-20(22(24)30)28(27-19)18-9-4-3-5-10-18/h3-10,12,15,20H,11,13-14H2,1-2H3,(H2,24,30)(H,25,31)(H,26,29). The van der Waals surface area contributed by atoms with Gasteiger partial charge in [-0.1, -0.05) is 44.2 Å². The van der Waals surface area contributed by atoms with E-state index >= 15 is 0 Å². The summed E-state index contributed by atoms with van der Waals surface area (Å²) in [6.07, 6.45) is 0.584. The average Bonchev–Trinajstić information content (AvgIpc) is 3.18. The van der Waals surface area contributed by atoms with Gasteiger partial charge in [0, 0.05) is 25.1 Å². The number of carbonyl (C=O) groups excluding carboxylic acids is 3. The Balaban J connectivity index is 1.63. The summed E-state index contributed by atoms with van der Waals surface area (Å²) < 4.78 is 0. The molecule has 1 aliphatic rings. The Morgan fingerprint density at radius 2 is 1.87 bits per heavy atom. The summed E-state index contributed by atoms with van der Waals surface area (Å²) in [4.78, 5) is 36.5. The van der Waals surface area contributed by atoms with Crippen molar-refractivity contribution in [3.63, 3.8) is 0 Å². The van der Waals surface area contributed by atoms with Crippen LogP contribution in [0.4, 0.5) is 11.4 Å². The summed E-state index contributed by atoms with van der Waals surface area (Å²) in [5.41, 5.74) is 7.97. The molecule has 0 saturated heterocycles. The van der Waals surface area contributed by atoms with Crippen LogP contribution < -0.4 is 21.4 Å². The first kappa shape index (κ1) is 22.0. The van der Waals surface area contributed by atoms with Gasteiger partial charge in [-0.3, -0.25) is 19.4 Å². The summed E-state index contributed by atoms with van der Waals surface area (Å²) in [5, 5.41) is 11.5. The monoisotopic (exact) mass is 421 g/mol. The minimum atomic E-state index is -0.706. The van der Waals surface area contributed by atoms with E-state index in [1.165, 1.54) is 5.01 Å². The lowest BCUT2D eigenvalue weighted by Gasteiger charge is -2.20. The largest absolute Gasteiger partial charge is 0.368 e. The van der Waals surface area contributed by atoms with E-state index in [-0.39, 0.29) is 36.4 Å². The number of para-hydroxylation sites is 1. The SMILES string of the molecule is CC(C)CC(=O)Nc1cccc(CNC(=O)C2=NN(c3ccccc3)C(C(N)=O)C2)c1. The zero-order chi connectivity index (χ0) is 22.4. The van der Waals surface area contributed by atoms with Crippen molar-refractivity contribution in [3.05, 3.63) is 60.2 Å². The first-order chi connectivity index (χ1) is 14.8. The van der Waals surface area contributed by atoms with Crippen molar-refractivity contribution < 1.29 is 14.4 Å². The molecule has 31 heavy (non-hydrogen) atoms. The van der Waals surface area contributed by atoms with Crippen LogP contribution in [0.3, 0.4) is 0 Å². The number of primary amides is 1. The maximum absolute atomic E-state index is 12.7. The van der Waals surface area contributed by atoms with Crippen LogP contribution in [-0.2, 0) is 20.9 Å². The maximum atomic E-state index is 12.7. The molecule has 1 atom stereocenters. The lowest BCUT2D eigenvalue weighted by molar-refractivity contribution is -0.119. The van der Waals surface area contributed by atoms with Crippen molar-refractivity contribution in [3.8, 4) is 0 Å². The number of carbonyl (C=O) groups is 3. The maximum Gasteiger partial charge on any atom is 0.267 e. The van der Waals surface area contributed by atoms with Crippen molar-refractivity contribution in [2.45, 2.75) is 39.3 Å². The highest BCUT2D eigenvalue weighted by Gasteiger charge is 2.34. The van der Waals surface area contributed by atoms with Gasteiger partial charge in [-0.2, -0.15) is 5.10 Å². The van der Waals surface area contributed by atoms with E-state index in [4.69, 9.17) is 5.73 Å². The molecule has 3 rings (SSSR count). The second kappa shape index (κ2) is 9.88. The highest BCUT2D eigenvalue weighted by Crippen LogP contribution is 2.24. The van der Waals surface area contributed by atoms with Crippen LogP contribution in [-0.4, -0.2) is 29.5 Å². The van der Waals surface area contributed by atoms with Crippen molar-refractivity contribution in [2.24, 2.45) is 16.8 Å². The van der Waals surface area contributed by atoms with Gasteiger partial charge < -0.3 is 16.4 Å². The zero-order valence-electron chi connectivity index (χ0n) is 17.7. The van der Waals surface area contributed by atoms with Crippen LogP contribution in [0, 0.1) is 5.92 Å². The van der Waals surface area contributed by atoms with Gasteiger partial charge in [-0.15, -0.1) is 0 Å². The molecular formula is C23H27N5O3. The summed E-state index contributed by atoms with van der Waals surface area (Å²) in [7, 11) is 0. The first-order valence-electron chi connectivity index (χ1n) is 10.2. The molecule has 4 N–H and O–H groups in total. The fraction of sp³-hybridized carbons (Fsp3) is 0.304. The molecule has 0 bridgehead atoms. The number of nitrogens with zero attached hydrogens (tertiary/aromatic N) is 2. The molecule has 0 aliphatic carbocycles.